The SMILES string of the molecule is CCOc1ccc2nc(N3CCCC3C(=O)N3CCN(c4nc(C)cnc4C)CC3)nc(C)c2c1. The van der Waals surface area contributed by atoms with Crippen LogP contribution in [0.25, 0.3) is 10.9 Å². The highest BCUT2D eigenvalue weighted by Gasteiger charge is 2.36. The number of rotatable bonds is 5. The molecule has 2 fully saturated rings. The van der Waals surface area contributed by atoms with Crippen molar-refractivity contribution >= 4 is 28.6 Å². The van der Waals surface area contributed by atoms with Crippen LogP contribution in [0.1, 0.15) is 36.8 Å². The molecule has 184 valence electrons. The van der Waals surface area contributed by atoms with Crippen LogP contribution in [-0.2, 0) is 4.79 Å². The highest BCUT2D eigenvalue weighted by molar-refractivity contribution is 5.87. The Morgan fingerprint density at radius 2 is 1.83 bits per heavy atom. The molecule has 2 aliphatic heterocycles. The van der Waals surface area contributed by atoms with Crippen molar-refractivity contribution in [1.82, 2.24) is 24.8 Å². The number of piperazine rings is 1. The van der Waals surface area contributed by atoms with Crippen molar-refractivity contribution in [2.75, 3.05) is 49.1 Å². The van der Waals surface area contributed by atoms with Gasteiger partial charge in [0.25, 0.3) is 0 Å². The van der Waals surface area contributed by atoms with E-state index in [0.717, 1.165) is 72.0 Å². The third-order valence-electron chi connectivity index (χ3n) is 6.89. The summed E-state index contributed by atoms with van der Waals surface area (Å²) in [6.45, 7) is 12.2. The van der Waals surface area contributed by atoms with Gasteiger partial charge in [0.15, 0.2) is 0 Å². The van der Waals surface area contributed by atoms with Gasteiger partial charge in [0.05, 0.1) is 29.2 Å². The van der Waals surface area contributed by atoms with Crippen LogP contribution in [0.4, 0.5) is 11.8 Å². The number of anilines is 2. The molecule has 35 heavy (non-hydrogen) atoms. The molecule has 0 N–H and O–H groups in total. The molecule has 0 radical (unpaired) electrons. The van der Waals surface area contributed by atoms with Gasteiger partial charge in [0.1, 0.15) is 17.6 Å². The summed E-state index contributed by atoms with van der Waals surface area (Å²) in [5.74, 6) is 2.55. The molecule has 3 aromatic rings. The van der Waals surface area contributed by atoms with Gasteiger partial charge in [0, 0.05) is 44.3 Å². The number of benzene rings is 1. The number of nitrogens with zero attached hydrogens (tertiary/aromatic N) is 7. The molecular formula is C26H33N7O2. The van der Waals surface area contributed by atoms with E-state index in [9.17, 15) is 4.79 Å². The van der Waals surface area contributed by atoms with Crippen LogP contribution in [0.15, 0.2) is 24.4 Å². The smallest absolute Gasteiger partial charge is 0.245 e. The lowest BCUT2D eigenvalue weighted by Gasteiger charge is -2.38. The minimum absolute atomic E-state index is 0.169. The molecule has 1 unspecified atom stereocenters. The second-order valence-corrected chi connectivity index (χ2v) is 9.31. The van der Waals surface area contributed by atoms with Crippen LogP contribution >= 0.6 is 0 Å². The maximum Gasteiger partial charge on any atom is 0.245 e. The standard InChI is InChI=1S/C26H33N7O2/c1-5-35-20-8-9-22-21(15-20)18(3)29-26(30-22)33-10-6-7-23(33)25(34)32-13-11-31(12-14-32)24-19(4)27-16-17(2)28-24/h8-9,15-16,23H,5-7,10-14H2,1-4H3. The number of carbonyl (C=O) groups is 1. The number of aryl methyl sites for hydroxylation is 3. The van der Waals surface area contributed by atoms with Gasteiger partial charge in [-0.25, -0.2) is 15.0 Å². The third-order valence-corrected chi connectivity index (χ3v) is 6.89. The van der Waals surface area contributed by atoms with E-state index in [0.29, 0.717) is 25.6 Å². The second-order valence-electron chi connectivity index (χ2n) is 9.31. The van der Waals surface area contributed by atoms with E-state index in [4.69, 9.17) is 14.7 Å². The van der Waals surface area contributed by atoms with E-state index in [1.165, 1.54) is 0 Å². The Hall–Kier alpha value is -3.49. The third kappa shape index (κ3) is 4.59. The van der Waals surface area contributed by atoms with Crippen LogP contribution in [0, 0.1) is 20.8 Å². The molecule has 9 nitrogen and oxygen atoms in total. The molecule has 9 heteroatoms. The summed E-state index contributed by atoms with van der Waals surface area (Å²) in [4.78, 5) is 38.6. The van der Waals surface area contributed by atoms with E-state index in [-0.39, 0.29) is 11.9 Å². The zero-order chi connectivity index (χ0) is 24.5. The Kier molecular flexibility index (Phi) is 6.40. The van der Waals surface area contributed by atoms with Crippen molar-refractivity contribution in [3.8, 4) is 5.75 Å². The van der Waals surface area contributed by atoms with Gasteiger partial charge in [-0.2, -0.15) is 0 Å². The number of aromatic nitrogens is 4. The zero-order valence-corrected chi connectivity index (χ0v) is 21.0. The first-order valence-corrected chi connectivity index (χ1v) is 12.5. The summed E-state index contributed by atoms with van der Waals surface area (Å²) < 4.78 is 5.64. The van der Waals surface area contributed by atoms with Gasteiger partial charge in [-0.05, 0) is 58.7 Å². The Bertz CT molecular complexity index is 1240. The Morgan fingerprint density at radius 3 is 2.60 bits per heavy atom. The van der Waals surface area contributed by atoms with Crippen molar-refractivity contribution < 1.29 is 9.53 Å². The number of ether oxygens (including phenoxy) is 1. The lowest BCUT2D eigenvalue weighted by molar-refractivity contribution is -0.132. The summed E-state index contributed by atoms with van der Waals surface area (Å²) >= 11 is 0. The summed E-state index contributed by atoms with van der Waals surface area (Å²) in [6.07, 6.45) is 3.57. The molecule has 0 saturated carbocycles. The van der Waals surface area contributed by atoms with Crippen LogP contribution in [0.5, 0.6) is 5.75 Å². The first-order valence-electron chi connectivity index (χ1n) is 12.5. The highest BCUT2D eigenvalue weighted by atomic mass is 16.5. The Morgan fingerprint density at radius 1 is 1.03 bits per heavy atom. The minimum atomic E-state index is -0.221. The fraction of sp³-hybridized carbons (Fsp3) is 0.500. The lowest BCUT2D eigenvalue weighted by atomic mass is 10.1. The van der Waals surface area contributed by atoms with Gasteiger partial charge in [0.2, 0.25) is 11.9 Å². The summed E-state index contributed by atoms with van der Waals surface area (Å²) in [5.41, 5.74) is 3.60. The molecule has 1 aromatic carbocycles. The number of hydrogen-bond donors (Lipinski definition) is 0. The summed E-state index contributed by atoms with van der Waals surface area (Å²) in [7, 11) is 0. The molecule has 2 saturated heterocycles. The Labute approximate surface area is 206 Å². The van der Waals surface area contributed by atoms with Gasteiger partial charge < -0.3 is 19.4 Å². The minimum Gasteiger partial charge on any atom is -0.494 e. The van der Waals surface area contributed by atoms with Crippen LogP contribution in [-0.4, -0.2) is 76.1 Å². The van der Waals surface area contributed by atoms with Gasteiger partial charge >= 0.3 is 0 Å². The topological polar surface area (TPSA) is 87.6 Å². The van der Waals surface area contributed by atoms with Gasteiger partial charge in [-0.15, -0.1) is 0 Å². The van der Waals surface area contributed by atoms with Crippen molar-refractivity contribution in [3.05, 3.63) is 41.5 Å². The molecule has 2 aromatic heterocycles. The molecule has 0 aliphatic carbocycles. The van der Waals surface area contributed by atoms with E-state index >= 15 is 0 Å². The summed E-state index contributed by atoms with van der Waals surface area (Å²) in [6, 6.07) is 5.68. The van der Waals surface area contributed by atoms with E-state index in [2.05, 4.69) is 19.8 Å². The number of amides is 1. The molecule has 0 spiro atoms. The first kappa shape index (κ1) is 23.3. The maximum atomic E-state index is 13.6. The molecule has 5 rings (SSSR count). The van der Waals surface area contributed by atoms with Crippen LogP contribution in [0.2, 0.25) is 0 Å². The normalized spacial score (nSPS) is 18.4. The van der Waals surface area contributed by atoms with Gasteiger partial charge in [-0.1, -0.05) is 0 Å². The summed E-state index contributed by atoms with van der Waals surface area (Å²) in [5, 5.41) is 0.979. The molecule has 1 atom stereocenters. The number of hydrogen-bond acceptors (Lipinski definition) is 8. The number of carbonyl (C=O) groups excluding carboxylic acids is 1. The molecular weight excluding hydrogens is 442 g/mol. The lowest BCUT2D eigenvalue weighted by Crippen LogP contribution is -2.54. The average Bonchev–Trinajstić information content (AvgIpc) is 3.36. The van der Waals surface area contributed by atoms with E-state index in [1.807, 2.05) is 50.8 Å². The molecule has 0 bridgehead atoms. The van der Waals surface area contributed by atoms with Crippen molar-refractivity contribution in [2.24, 2.45) is 0 Å². The van der Waals surface area contributed by atoms with Crippen LogP contribution < -0.4 is 14.5 Å². The van der Waals surface area contributed by atoms with Crippen molar-refractivity contribution in [2.45, 2.75) is 46.6 Å². The molecule has 1 amide bonds. The second kappa shape index (κ2) is 9.64. The number of fused-ring (bicyclic) bond motifs is 1. The quantitative estimate of drug-likeness (QED) is 0.556. The maximum absolute atomic E-state index is 13.6. The monoisotopic (exact) mass is 475 g/mol. The Balaban J connectivity index is 1.31. The predicted molar refractivity (Wildman–Crippen MR) is 136 cm³/mol. The van der Waals surface area contributed by atoms with Crippen molar-refractivity contribution in [1.29, 1.82) is 0 Å². The van der Waals surface area contributed by atoms with Gasteiger partial charge in [-0.3, -0.25) is 9.78 Å². The largest absolute Gasteiger partial charge is 0.494 e. The molecule has 4 heterocycles. The fourth-order valence-electron chi connectivity index (χ4n) is 5.07. The first-order chi connectivity index (χ1) is 16.9. The van der Waals surface area contributed by atoms with Crippen LogP contribution in [0.3, 0.4) is 0 Å². The van der Waals surface area contributed by atoms with Crippen molar-refractivity contribution in [3.63, 3.8) is 0 Å². The van der Waals surface area contributed by atoms with E-state index in [1.54, 1.807) is 6.20 Å². The zero-order valence-electron chi connectivity index (χ0n) is 21.0. The average molecular weight is 476 g/mol. The van der Waals surface area contributed by atoms with E-state index < -0.39 is 0 Å². The fourth-order valence-corrected chi connectivity index (χ4v) is 5.07. The highest BCUT2D eigenvalue weighted by Crippen LogP contribution is 2.29. The molecule has 2 aliphatic rings. The predicted octanol–water partition coefficient (Wildman–Crippen LogP) is 3.06.